The highest BCUT2D eigenvalue weighted by Crippen LogP contribution is 2.50. The van der Waals surface area contributed by atoms with Crippen molar-refractivity contribution in [3.63, 3.8) is 0 Å². The lowest BCUT2D eigenvalue weighted by molar-refractivity contribution is -0.438. The maximum absolute atomic E-state index is 13.0. The van der Waals surface area contributed by atoms with Crippen LogP contribution >= 0.6 is 0 Å². The van der Waals surface area contributed by atoms with Crippen LogP contribution in [0.1, 0.15) is 183 Å². The number of Topliss-reactive ketones (excluding diaryl/α,β-unsaturated/α-hetero) is 2. The average Bonchev–Trinajstić information content (AvgIpc) is 1.59. The highest BCUT2D eigenvalue weighted by atomic mass is 16.5. The van der Waals surface area contributed by atoms with Crippen molar-refractivity contribution in [3.05, 3.63) is 179 Å². The Morgan fingerprint density at radius 2 is 1.03 bits per heavy atom. The van der Waals surface area contributed by atoms with E-state index >= 15 is 0 Å². The van der Waals surface area contributed by atoms with Crippen molar-refractivity contribution in [3.8, 4) is 11.5 Å². The van der Waals surface area contributed by atoms with Crippen LogP contribution in [0, 0.1) is 0 Å². The molecule has 119 heavy (non-hydrogen) atoms. The molecule has 2 aliphatic rings. The first-order valence-corrected chi connectivity index (χ1v) is 41.5. The minimum atomic E-state index is -1.52. The standard InChI is InChI=1S/C92H118N8O19/c1-91(2)79(97(5)75-42-38-65-23-15-17-28-71(65)86(75)91)31-12-8-13-32-80-92(3,4)87-72-29-18-16-24-66(72)39-43-76(87)100(80)50-21-9-11-25-69(101)27-22-53-118-55-56-119-54-49-94-82(106)46-37-64-36-45-78(104)68(58-64)60-99(62-85(111)112)52-51-98(61-84(109)110)59-67-57-63(35-44-77(67)103)34-40-70(102)26-10-6-7-14-33-81(105)93-48-20-19-30-73(88(113)114)95-90(117)96-74(89(115)116)41-47-83(107)108/h8,12-13,15-18,23-24,28-29,31-32,35-36,38-39,42-45,57-58,73-74H,6-7,9-11,14,19-22,25-27,30,33-34,37,40-41,46-56,59-62H2,1-5H3,(H10-,93,94,95,96,103,104,105,106,107,108,109,110,111,112,113,114,115,116,117)/p+1. The number of hydrogen-bond donors (Lipinski definition) is 11. The summed E-state index contributed by atoms with van der Waals surface area (Å²) in [6.45, 7) is 11.2. The maximum atomic E-state index is 13.0. The van der Waals surface area contributed by atoms with Gasteiger partial charge in [0.25, 0.3) is 0 Å². The summed E-state index contributed by atoms with van der Waals surface area (Å²) in [5.74, 6) is -6.71. The Hall–Kier alpha value is -11.1. The van der Waals surface area contributed by atoms with Gasteiger partial charge in [-0.05, 0) is 153 Å². The lowest BCUT2D eigenvalue weighted by Gasteiger charge is -2.26. The maximum Gasteiger partial charge on any atom is 0.326 e. The van der Waals surface area contributed by atoms with Gasteiger partial charge in [0, 0.05) is 150 Å². The number of carboxylic acid groups (broad SMARTS) is 5. The summed E-state index contributed by atoms with van der Waals surface area (Å²) in [5.41, 5.74) is 9.55. The first kappa shape index (κ1) is 93.4. The second-order valence-electron chi connectivity index (χ2n) is 31.8. The third-order valence-electron chi connectivity index (χ3n) is 22.0. The summed E-state index contributed by atoms with van der Waals surface area (Å²) in [7, 11) is 2.16. The minimum absolute atomic E-state index is 0.00778. The predicted octanol–water partition coefficient (Wildman–Crippen LogP) is 12.6. The van der Waals surface area contributed by atoms with Gasteiger partial charge in [-0.2, -0.15) is 4.58 Å². The van der Waals surface area contributed by atoms with Crippen LogP contribution in [0.25, 0.3) is 21.5 Å². The van der Waals surface area contributed by atoms with Gasteiger partial charge in [-0.1, -0.05) is 124 Å². The summed E-state index contributed by atoms with van der Waals surface area (Å²) in [6, 6.07) is 32.0. The van der Waals surface area contributed by atoms with Gasteiger partial charge in [0.15, 0.2) is 5.71 Å². The number of carboxylic acids is 5. The van der Waals surface area contributed by atoms with Crippen molar-refractivity contribution in [2.75, 3.05) is 84.2 Å². The van der Waals surface area contributed by atoms with E-state index in [1.807, 2.05) is 0 Å². The fourth-order valence-electron chi connectivity index (χ4n) is 15.7. The molecule has 0 aliphatic carbocycles. The molecule has 2 atom stereocenters. The number of benzene rings is 6. The molecule has 640 valence electrons. The summed E-state index contributed by atoms with van der Waals surface area (Å²) >= 11 is 0. The molecule has 0 saturated carbocycles. The predicted molar refractivity (Wildman–Crippen MR) is 456 cm³/mol. The number of phenols is 2. The van der Waals surface area contributed by atoms with Gasteiger partial charge in [0.05, 0.1) is 38.3 Å². The smallest absolute Gasteiger partial charge is 0.326 e. The quantitative estimate of drug-likeness (QED) is 0.00959. The van der Waals surface area contributed by atoms with E-state index in [4.69, 9.17) is 14.6 Å². The Bertz CT molecular complexity index is 4660. The Morgan fingerprint density at radius 1 is 0.496 bits per heavy atom. The van der Waals surface area contributed by atoms with E-state index < -0.39 is 73.9 Å². The third kappa shape index (κ3) is 29.1. The molecule has 27 heteroatoms. The van der Waals surface area contributed by atoms with Crippen LogP contribution in [0.3, 0.4) is 0 Å². The topological polar surface area (TPSA) is 392 Å². The number of allylic oxidation sites excluding steroid dienone is 6. The molecule has 27 nitrogen and oxygen atoms in total. The van der Waals surface area contributed by atoms with E-state index in [0.29, 0.717) is 108 Å². The van der Waals surface area contributed by atoms with Crippen molar-refractivity contribution >= 4 is 97.9 Å². The molecular formula is C92H119N8O19+. The number of carbonyl (C=O) groups excluding carboxylic acids is 5. The van der Waals surface area contributed by atoms with Crippen LogP contribution in [0.2, 0.25) is 0 Å². The van der Waals surface area contributed by atoms with E-state index in [-0.39, 0.29) is 117 Å². The van der Waals surface area contributed by atoms with Crippen LogP contribution in [0.15, 0.2) is 145 Å². The molecular weight excluding hydrogens is 1520 g/mol. The van der Waals surface area contributed by atoms with E-state index in [9.17, 15) is 78.6 Å². The van der Waals surface area contributed by atoms with E-state index in [1.54, 1.807) is 34.1 Å². The number of nitrogens with zero attached hydrogens (tertiary/aromatic N) is 4. The van der Waals surface area contributed by atoms with Gasteiger partial charge >= 0.3 is 35.9 Å². The normalized spacial score (nSPS) is 14.3. The molecule has 0 saturated heterocycles. The van der Waals surface area contributed by atoms with Crippen LogP contribution < -0.4 is 26.2 Å². The van der Waals surface area contributed by atoms with Crippen LogP contribution in [0.4, 0.5) is 16.2 Å². The number of hydrogen-bond acceptors (Lipinski definition) is 17. The van der Waals surface area contributed by atoms with Gasteiger partial charge in [0.1, 0.15) is 41.7 Å². The number of anilines is 1. The van der Waals surface area contributed by atoms with Crippen molar-refractivity contribution in [2.24, 2.45) is 0 Å². The number of aliphatic carboxylic acids is 5. The zero-order chi connectivity index (χ0) is 86.0. The molecule has 6 aromatic rings. The van der Waals surface area contributed by atoms with Crippen LogP contribution in [0.5, 0.6) is 11.5 Å². The number of carbonyl (C=O) groups is 10. The molecule has 2 heterocycles. The van der Waals surface area contributed by atoms with Crippen LogP contribution in [-0.4, -0.2) is 206 Å². The molecule has 8 rings (SSSR count). The lowest BCUT2D eigenvalue weighted by atomic mass is 9.79. The molecule has 0 radical (unpaired) electrons. The second kappa shape index (κ2) is 46.9. The summed E-state index contributed by atoms with van der Waals surface area (Å²) < 4.78 is 13.9. The fraction of sp³-hybridized carbons (Fsp3) is 0.467. The lowest BCUT2D eigenvalue weighted by Crippen LogP contribution is -2.51. The number of amides is 4. The SMILES string of the molecule is CN1/C(=C/C=C/C=C/C2=[N+](CCCCCC(=O)CCCOCCOCCNC(=O)CCc3ccc(O)c(CN(CCN(CC(=O)O)Cc4cc(CCC(=O)CCCCCCC(=O)NCCCCC(NC(=O)NC(CCC(=O)O)C(=O)O)C(=O)O)ccc4O)CC(=O)O)c3)c3ccc4ccccc4c3C2(C)C)C(C)(C)c2c1ccc1ccccc21. The monoisotopic (exact) mass is 1640 g/mol. The number of phenolic OH excluding ortho intramolecular Hbond substituents is 2. The van der Waals surface area contributed by atoms with Crippen molar-refractivity contribution < 1.29 is 97.7 Å². The number of unbranched alkanes of at least 4 members (excludes halogenated alkanes) is 6. The number of nitrogens with one attached hydrogen (secondary N) is 4. The largest absolute Gasteiger partial charge is 0.508 e. The van der Waals surface area contributed by atoms with Gasteiger partial charge < -0.3 is 71.4 Å². The van der Waals surface area contributed by atoms with Crippen molar-refractivity contribution in [1.29, 1.82) is 0 Å². The summed E-state index contributed by atoms with van der Waals surface area (Å²) in [5, 5.41) is 84.1. The molecule has 6 aromatic carbocycles. The first-order chi connectivity index (χ1) is 57.0. The highest BCUT2D eigenvalue weighted by molar-refractivity contribution is 6.08. The van der Waals surface area contributed by atoms with Gasteiger partial charge in [0.2, 0.25) is 17.5 Å². The number of ether oxygens (including phenoxy) is 2. The Kier molecular flexibility index (Phi) is 36.8. The average molecular weight is 1640 g/mol. The number of rotatable bonds is 55. The summed E-state index contributed by atoms with van der Waals surface area (Å²) in [4.78, 5) is 127. The zero-order valence-corrected chi connectivity index (χ0v) is 69.3. The van der Waals surface area contributed by atoms with E-state index in [2.05, 4.69) is 169 Å². The molecule has 0 fully saturated rings. The molecule has 4 amide bonds. The van der Waals surface area contributed by atoms with Crippen molar-refractivity contribution in [1.82, 2.24) is 31.1 Å². The third-order valence-corrected chi connectivity index (χ3v) is 22.0. The minimum Gasteiger partial charge on any atom is -0.508 e. The summed E-state index contributed by atoms with van der Waals surface area (Å²) in [6.07, 6.45) is 19.3. The van der Waals surface area contributed by atoms with Crippen LogP contribution in [-0.2, 0) is 89.4 Å². The van der Waals surface area contributed by atoms with E-state index in [1.165, 1.54) is 67.6 Å². The van der Waals surface area contributed by atoms with Gasteiger partial charge in [-0.25, -0.2) is 14.4 Å². The Labute approximate surface area is 696 Å². The number of aryl methyl sites for hydroxylation is 2. The van der Waals surface area contributed by atoms with Crippen molar-refractivity contribution in [2.45, 2.75) is 199 Å². The molecule has 11 N–H and O–H groups in total. The first-order valence-electron chi connectivity index (χ1n) is 41.5. The zero-order valence-electron chi connectivity index (χ0n) is 69.3. The molecule has 0 spiro atoms. The molecule has 0 bridgehead atoms. The number of fused-ring (bicyclic) bond motifs is 6. The van der Waals surface area contributed by atoms with Gasteiger partial charge in [-0.3, -0.25) is 43.4 Å². The number of ketones is 2. The number of urea groups is 1. The second-order valence-corrected chi connectivity index (χ2v) is 31.8. The number of likely N-dealkylation sites (N-methyl/N-ethyl adjacent to an activating group) is 1. The highest BCUT2D eigenvalue weighted by Gasteiger charge is 2.46. The molecule has 0 aromatic heterocycles. The molecule has 2 aliphatic heterocycles. The Balaban J connectivity index is 0.667. The number of aromatic hydroxyl groups is 2. The van der Waals surface area contributed by atoms with Gasteiger partial charge in [-0.15, -0.1) is 0 Å². The molecule has 2 unspecified atom stereocenters. The Morgan fingerprint density at radius 3 is 1.63 bits per heavy atom. The fourth-order valence-corrected chi connectivity index (χ4v) is 15.7. The van der Waals surface area contributed by atoms with E-state index in [0.717, 1.165) is 36.9 Å².